The average molecular weight is 667 g/mol. The number of aryl methyl sites for hydroxylation is 1. The zero-order valence-electron chi connectivity index (χ0n) is 25.3. The van der Waals surface area contributed by atoms with Crippen LogP contribution in [0.1, 0.15) is 36.5 Å². The largest absolute Gasteiger partial charge is 0.354 e. The predicted octanol–water partition coefficient (Wildman–Crippen LogP) is 7.05. The van der Waals surface area contributed by atoms with Crippen LogP contribution in [0.5, 0.6) is 0 Å². The summed E-state index contributed by atoms with van der Waals surface area (Å²) in [6, 6.07) is 28.5. The molecule has 1 N–H and O–H groups in total. The van der Waals surface area contributed by atoms with Crippen molar-refractivity contribution in [1.82, 2.24) is 10.2 Å². The van der Waals surface area contributed by atoms with E-state index >= 15 is 0 Å². The van der Waals surface area contributed by atoms with Gasteiger partial charge in [0.25, 0.3) is 10.0 Å². The van der Waals surface area contributed by atoms with Gasteiger partial charge in [-0.25, -0.2) is 8.42 Å². The number of hydrogen-bond donors (Lipinski definition) is 1. The molecule has 236 valence electrons. The number of nitrogens with one attached hydrogen (secondary N) is 1. The number of unbranched alkanes of at least 4 members (excludes halogenated alkanes) is 1. The van der Waals surface area contributed by atoms with E-state index in [9.17, 15) is 18.0 Å². The summed E-state index contributed by atoms with van der Waals surface area (Å²) >= 11 is 12.5. The van der Waals surface area contributed by atoms with Crippen LogP contribution in [0, 0.1) is 6.92 Å². The number of carbonyl (C=O) groups is 2. The molecule has 0 aromatic heterocycles. The molecule has 4 aromatic rings. The Labute approximate surface area is 275 Å². The van der Waals surface area contributed by atoms with E-state index in [1.807, 2.05) is 37.3 Å². The van der Waals surface area contributed by atoms with Gasteiger partial charge in [-0.05, 0) is 60.4 Å². The highest BCUT2D eigenvalue weighted by atomic mass is 35.5. The Morgan fingerprint density at radius 3 is 2.11 bits per heavy atom. The number of para-hydroxylation sites is 1. The van der Waals surface area contributed by atoms with Crippen molar-refractivity contribution in [3.8, 4) is 0 Å². The van der Waals surface area contributed by atoms with Crippen LogP contribution in [0.25, 0.3) is 0 Å². The van der Waals surface area contributed by atoms with Gasteiger partial charge in [0.05, 0.1) is 20.6 Å². The van der Waals surface area contributed by atoms with Gasteiger partial charge < -0.3 is 10.2 Å². The van der Waals surface area contributed by atoms with E-state index in [0.29, 0.717) is 33.4 Å². The van der Waals surface area contributed by atoms with Crippen molar-refractivity contribution in [1.29, 1.82) is 0 Å². The average Bonchev–Trinajstić information content (AvgIpc) is 3.04. The molecule has 45 heavy (non-hydrogen) atoms. The molecule has 7 nitrogen and oxygen atoms in total. The number of carbonyl (C=O) groups excluding carboxylic acids is 2. The lowest BCUT2D eigenvalue weighted by Gasteiger charge is -2.34. The predicted molar refractivity (Wildman–Crippen MR) is 181 cm³/mol. The molecular formula is C35H37Cl2N3O4S. The molecule has 0 unspecified atom stereocenters. The summed E-state index contributed by atoms with van der Waals surface area (Å²) in [7, 11) is -4.17. The highest BCUT2D eigenvalue weighted by Gasteiger charge is 2.35. The first-order valence-electron chi connectivity index (χ1n) is 14.8. The molecule has 0 saturated carbocycles. The van der Waals surface area contributed by atoms with Crippen LogP contribution in [0.4, 0.5) is 5.69 Å². The van der Waals surface area contributed by atoms with Crippen LogP contribution in [-0.4, -0.2) is 44.3 Å². The molecule has 10 heteroatoms. The second kappa shape index (κ2) is 15.9. The third kappa shape index (κ3) is 8.87. The molecule has 0 aliphatic rings. The molecule has 0 saturated heterocycles. The highest BCUT2D eigenvalue weighted by Crippen LogP contribution is 2.28. The minimum atomic E-state index is -4.17. The van der Waals surface area contributed by atoms with E-state index in [1.54, 1.807) is 67.6 Å². The molecule has 0 radical (unpaired) electrons. The molecule has 2 amide bonds. The van der Waals surface area contributed by atoms with Crippen molar-refractivity contribution in [2.24, 2.45) is 0 Å². The van der Waals surface area contributed by atoms with Crippen molar-refractivity contribution in [2.75, 3.05) is 17.4 Å². The number of sulfonamides is 1. The van der Waals surface area contributed by atoms with E-state index in [-0.39, 0.29) is 23.8 Å². The maximum absolute atomic E-state index is 14.5. The van der Waals surface area contributed by atoms with Crippen LogP contribution in [0.15, 0.2) is 108 Å². The smallest absolute Gasteiger partial charge is 0.264 e. The molecule has 4 aromatic carbocycles. The van der Waals surface area contributed by atoms with Crippen LogP contribution in [0.3, 0.4) is 0 Å². The normalized spacial score (nSPS) is 11.9. The van der Waals surface area contributed by atoms with Gasteiger partial charge in [0.1, 0.15) is 12.6 Å². The molecule has 0 aliphatic carbocycles. The lowest BCUT2D eigenvalue weighted by atomic mass is 10.0. The molecular weight excluding hydrogens is 629 g/mol. The highest BCUT2D eigenvalue weighted by molar-refractivity contribution is 7.92. The van der Waals surface area contributed by atoms with Crippen LogP contribution in [-0.2, 0) is 32.6 Å². The summed E-state index contributed by atoms with van der Waals surface area (Å²) in [6.45, 7) is 3.74. The van der Waals surface area contributed by atoms with Crippen LogP contribution < -0.4 is 9.62 Å². The molecule has 1 atom stereocenters. The molecule has 0 bridgehead atoms. The Morgan fingerprint density at radius 1 is 0.822 bits per heavy atom. The van der Waals surface area contributed by atoms with Crippen LogP contribution >= 0.6 is 23.2 Å². The van der Waals surface area contributed by atoms with Crippen molar-refractivity contribution in [2.45, 2.75) is 50.6 Å². The van der Waals surface area contributed by atoms with Crippen molar-refractivity contribution >= 4 is 50.7 Å². The fraction of sp³-hybridized carbons (Fsp3) is 0.257. The maximum Gasteiger partial charge on any atom is 0.264 e. The van der Waals surface area contributed by atoms with E-state index in [2.05, 4.69) is 5.32 Å². The Morgan fingerprint density at radius 2 is 1.47 bits per heavy atom. The van der Waals surface area contributed by atoms with Gasteiger partial charge in [-0.2, -0.15) is 0 Å². The van der Waals surface area contributed by atoms with Gasteiger partial charge >= 0.3 is 0 Å². The standard InChI is InChI=1S/C35H37Cl2N3O4S/c1-3-4-21-38-35(42)33(23-27-14-7-5-8-15-27)39(24-28-19-20-30(36)31(37)22-28)34(41)25-40(32-18-12-11-13-26(32)2)45(43,44)29-16-9-6-10-17-29/h5-20,22,33H,3-4,21,23-25H2,1-2H3,(H,38,42)/t33-/m1/s1. The Kier molecular flexibility index (Phi) is 12.0. The minimum Gasteiger partial charge on any atom is -0.354 e. The number of amides is 2. The topological polar surface area (TPSA) is 86.8 Å². The van der Waals surface area contributed by atoms with Crippen LogP contribution in [0.2, 0.25) is 10.0 Å². The van der Waals surface area contributed by atoms with Crippen molar-refractivity contribution < 1.29 is 18.0 Å². The van der Waals surface area contributed by atoms with E-state index in [0.717, 1.165) is 22.7 Å². The van der Waals surface area contributed by atoms with Gasteiger partial charge in [0, 0.05) is 19.5 Å². The Balaban J connectivity index is 1.80. The molecule has 0 spiro atoms. The summed E-state index contributed by atoms with van der Waals surface area (Å²) in [5.41, 5.74) is 2.55. The number of halogens is 2. The number of nitrogens with zero attached hydrogens (tertiary/aromatic N) is 2. The number of hydrogen-bond acceptors (Lipinski definition) is 4. The third-order valence-corrected chi connectivity index (χ3v) is 9.94. The van der Waals surface area contributed by atoms with Crippen molar-refractivity contribution in [3.63, 3.8) is 0 Å². The van der Waals surface area contributed by atoms with Gasteiger partial charge in [-0.1, -0.05) is 109 Å². The molecule has 0 heterocycles. The summed E-state index contributed by atoms with van der Waals surface area (Å²) in [4.78, 5) is 29.8. The molecule has 0 fully saturated rings. The quantitative estimate of drug-likeness (QED) is 0.146. The zero-order chi connectivity index (χ0) is 32.4. The Hall–Kier alpha value is -3.85. The summed E-state index contributed by atoms with van der Waals surface area (Å²) in [6.07, 6.45) is 1.89. The summed E-state index contributed by atoms with van der Waals surface area (Å²) in [5, 5.41) is 3.65. The summed E-state index contributed by atoms with van der Waals surface area (Å²) < 4.78 is 29.3. The zero-order valence-corrected chi connectivity index (χ0v) is 27.7. The number of anilines is 1. The first-order valence-corrected chi connectivity index (χ1v) is 17.0. The SMILES string of the molecule is CCCCNC(=O)[C@@H](Cc1ccccc1)N(Cc1ccc(Cl)c(Cl)c1)C(=O)CN(c1ccccc1C)S(=O)(=O)c1ccccc1. The second-order valence-corrected chi connectivity index (χ2v) is 13.4. The van der Waals surface area contributed by atoms with Crippen molar-refractivity contribution in [3.05, 3.63) is 130 Å². The first-order chi connectivity index (χ1) is 21.6. The first kappa shape index (κ1) is 34.0. The van der Waals surface area contributed by atoms with E-state index < -0.39 is 28.5 Å². The lowest BCUT2D eigenvalue weighted by Crippen LogP contribution is -2.53. The number of rotatable bonds is 14. The summed E-state index contributed by atoms with van der Waals surface area (Å²) in [5.74, 6) is -0.871. The fourth-order valence-electron chi connectivity index (χ4n) is 4.97. The second-order valence-electron chi connectivity index (χ2n) is 10.7. The van der Waals surface area contributed by atoms with Gasteiger partial charge in [-0.3, -0.25) is 13.9 Å². The lowest BCUT2D eigenvalue weighted by molar-refractivity contribution is -0.140. The minimum absolute atomic E-state index is 0.00141. The fourth-order valence-corrected chi connectivity index (χ4v) is 6.79. The number of benzene rings is 4. The van der Waals surface area contributed by atoms with Gasteiger partial charge in [0.15, 0.2) is 0 Å². The van der Waals surface area contributed by atoms with Gasteiger partial charge in [-0.15, -0.1) is 0 Å². The molecule has 4 rings (SSSR count). The third-order valence-electron chi connectivity index (χ3n) is 7.43. The van der Waals surface area contributed by atoms with Gasteiger partial charge in [0.2, 0.25) is 11.8 Å². The van der Waals surface area contributed by atoms with E-state index in [1.165, 1.54) is 17.0 Å². The Bertz CT molecular complexity index is 1700. The monoisotopic (exact) mass is 665 g/mol. The molecule has 0 aliphatic heterocycles. The maximum atomic E-state index is 14.5. The van der Waals surface area contributed by atoms with E-state index in [4.69, 9.17) is 23.2 Å².